The van der Waals surface area contributed by atoms with Crippen LogP contribution in [0, 0.1) is 23.2 Å². The van der Waals surface area contributed by atoms with Gasteiger partial charge in [0.1, 0.15) is 6.04 Å². The minimum atomic E-state index is -3.16. The lowest BCUT2D eigenvalue weighted by molar-refractivity contribution is -0.130. The number of carbonyl (C=O) groups is 1. The van der Waals surface area contributed by atoms with E-state index in [9.17, 15) is 18.5 Å². The highest BCUT2D eigenvalue weighted by molar-refractivity contribution is 7.93. The van der Waals surface area contributed by atoms with E-state index < -0.39 is 10.0 Å². The molecule has 1 aromatic carbocycles. The first kappa shape index (κ1) is 21.4. The summed E-state index contributed by atoms with van der Waals surface area (Å²) in [6.07, 6.45) is 8.12. The Morgan fingerprint density at radius 2 is 1.97 bits per heavy atom. The number of amides is 1. The van der Waals surface area contributed by atoms with Gasteiger partial charge in [0.15, 0.2) is 0 Å². The van der Waals surface area contributed by atoms with Gasteiger partial charge >= 0.3 is 0 Å². The van der Waals surface area contributed by atoms with Gasteiger partial charge in [-0.2, -0.15) is 5.26 Å². The maximum Gasteiger partial charge on any atom is 0.237 e. The molecule has 8 heteroatoms. The molecule has 0 spiro atoms. The topological polar surface area (TPSA) is 93.5 Å². The van der Waals surface area contributed by atoms with E-state index in [1.54, 1.807) is 9.21 Å². The van der Waals surface area contributed by atoms with Gasteiger partial charge < -0.3 is 10.2 Å². The van der Waals surface area contributed by atoms with Gasteiger partial charge in [-0.1, -0.05) is 12.1 Å². The third-order valence-corrected chi connectivity index (χ3v) is 11.1. The van der Waals surface area contributed by atoms with Gasteiger partial charge in [-0.3, -0.25) is 9.10 Å². The van der Waals surface area contributed by atoms with Crippen molar-refractivity contribution in [2.24, 2.45) is 11.8 Å². The molecule has 4 aliphatic carbocycles. The molecule has 0 aromatic heterocycles. The lowest BCUT2D eigenvalue weighted by Crippen LogP contribution is -2.52. The van der Waals surface area contributed by atoms with Crippen LogP contribution in [-0.2, 0) is 20.2 Å². The summed E-state index contributed by atoms with van der Waals surface area (Å²) in [6.45, 7) is 1.59. The Labute approximate surface area is 196 Å². The molecule has 4 bridgehead atoms. The van der Waals surface area contributed by atoms with Crippen LogP contribution in [-0.4, -0.2) is 56.2 Å². The van der Waals surface area contributed by atoms with Gasteiger partial charge in [0.2, 0.25) is 15.9 Å². The van der Waals surface area contributed by atoms with Crippen molar-refractivity contribution in [1.82, 2.24) is 10.2 Å². The molecular formula is C25H32N4O3S. The Bertz CT molecular complexity index is 1110. The highest BCUT2D eigenvalue weighted by Crippen LogP contribution is 2.66. The summed E-state index contributed by atoms with van der Waals surface area (Å²) in [5.74, 6) is 1.55. The van der Waals surface area contributed by atoms with Crippen LogP contribution in [0.5, 0.6) is 0 Å². The standard InChI is InChI=1S/C25H32N4O3S/c26-15-22-3-1-8-28(22)23(30)16-27-25-13-18-11-20(25)14-24(12-18,17-25)19-4-6-21(7-5-19)29-9-2-10-33(29,31)32/h4-7,18,20,22,27H,1-3,8-14,16-17H2/t18?,20?,22-,24?,25?/m0/s1. The highest BCUT2D eigenvalue weighted by atomic mass is 32.2. The maximum absolute atomic E-state index is 12.9. The molecule has 6 fully saturated rings. The Hall–Kier alpha value is -2.11. The number of anilines is 1. The lowest BCUT2D eigenvalue weighted by atomic mass is 9.65. The van der Waals surface area contributed by atoms with Crippen LogP contribution in [0.15, 0.2) is 24.3 Å². The zero-order valence-electron chi connectivity index (χ0n) is 19.0. The van der Waals surface area contributed by atoms with E-state index in [0.717, 1.165) is 37.8 Å². The van der Waals surface area contributed by atoms with Gasteiger partial charge in [0, 0.05) is 18.6 Å². The first-order chi connectivity index (χ1) is 15.8. The van der Waals surface area contributed by atoms with Crippen molar-refractivity contribution in [2.45, 2.75) is 68.4 Å². The van der Waals surface area contributed by atoms with Crippen LogP contribution in [0.1, 0.15) is 56.9 Å². The van der Waals surface area contributed by atoms with E-state index in [4.69, 9.17) is 0 Å². The van der Waals surface area contributed by atoms with E-state index in [1.165, 1.54) is 18.4 Å². The predicted octanol–water partition coefficient (Wildman–Crippen LogP) is 2.53. The summed E-state index contributed by atoms with van der Waals surface area (Å²) in [5.41, 5.74) is 2.22. The number of benzene rings is 1. The van der Waals surface area contributed by atoms with Gasteiger partial charge in [-0.15, -0.1) is 0 Å². The minimum Gasteiger partial charge on any atom is -0.326 e. The summed E-state index contributed by atoms with van der Waals surface area (Å²) in [4.78, 5) is 14.6. The number of nitriles is 1. The van der Waals surface area contributed by atoms with Crippen LogP contribution < -0.4 is 9.62 Å². The fourth-order valence-corrected chi connectivity index (χ4v) is 9.54. The number of carbonyl (C=O) groups excluding carboxylic acids is 1. The summed E-state index contributed by atoms with van der Waals surface area (Å²) < 4.78 is 26.1. The molecule has 4 unspecified atom stereocenters. The SMILES string of the molecule is N#C[C@@H]1CCCN1C(=O)CNC12CC3CC1CC(c1ccc(N4CCCS4(=O)=O)cc1)(C3)C2. The summed E-state index contributed by atoms with van der Waals surface area (Å²) in [5, 5.41) is 13.0. The third-order valence-electron chi connectivity index (χ3n) is 9.20. The van der Waals surface area contributed by atoms with Crippen molar-refractivity contribution in [3.63, 3.8) is 0 Å². The van der Waals surface area contributed by atoms with Crippen LogP contribution in [0.25, 0.3) is 0 Å². The van der Waals surface area contributed by atoms with Crippen LogP contribution >= 0.6 is 0 Å². The Morgan fingerprint density at radius 3 is 2.70 bits per heavy atom. The van der Waals surface area contributed by atoms with Crippen LogP contribution in [0.3, 0.4) is 0 Å². The fraction of sp³-hybridized carbons (Fsp3) is 0.680. The average molecular weight is 469 g/mol. The Balaban J connectivity index is 1.19. The molecule has 0 radical (unpaired) electrons. The first-order valence-corrected chi connectivity index (χ1v) is 14.0. The van der Waals surface area contributed by atoms with Crippen molar-refractivity contribution >= 4 is 21.6 Å². The minimum absolute atomic E-state index is 0.0113. The third kappa shape index (κ3) is 3.30. The van der Waals surface area contributed by atoms with E-state index in [0.29, 0.717) is 37.9 Å². The molecule has 1 amide bonds. The summed E-state index contributed by atoms with van der Waals surface area (Å²) >= 11 is 0. The number of nitrogens with one attached hydrogen (secondary N) is 1. The second kappa shape index (κ2) is 7.44. The zero-order chi connectivity index (χ0) is 22.8. The summed E-state index contributed by atoms with van der Waals surface area (Å²) in [6, 6.07) is 10.3. The van der Waals surface area contributed by atoms with E-state index in [-0.39, 0.29) is 28.7 Å². The van der Waals surface area contributed by atoms with Crippen molar-refractivity contribution in [1.29, 1.82) is 5.26 Å². The highest BCUT2D eigenvalue weighted by Gasteiger charge is 2.64. The monoisotopic (exact) mass is 468 g/mol. The molecule has 2 aliphatic heterocycles. The molecule has 33 heavy (non-hydrogen) atoms. The Kier molecular flexibility index (Phi) is 4.83. The molecule has 6 aliphatic rings. The number of hydrogen-bond acceptors (Lipinski definition) is 5. The Morgan fingerprint density at radius 1 is 1.15 bits per heavy atom. The predicted molar refractivity (Wildman–Crippen MR) is 125 cm³/mol. The second-order valence-corrected chi connectivity index (χ2v) is 13.1. The smallest absolute Gasteiger partial charge is 0.237 e. The van der Waals surface area contributed by atoms with Gasteiger partial charge in [0.05, 0.1) is 24.1 Å². The first-order valence-electron chi connectivity index (χ1n) is 12.4. The van der Waals surface area contributed by atoms with E-state index in [1.807, 2.05) is 12.1 Å². The zero-order valence-corrected chi connectivity index (χ0v) is 19.8. The maximum atomic E-state index is 12.9. The average Bonchev–Trinajstić information content (AvgIpc) is 3.52. The van der Waals surface area contributed by atoms with Crippen molar-refractivity contribution in [3.8, 4) is 6.07 Å². The number of nitrogens with zero attached hydrogens (tertiary/aromatic N) is 3. The molecule has 1 aromatic rings. The number of likely N-dealkylation sites (tertiary alicyclic amines) is 1. The van der Waals surface area contributed by atoms with Crippen LogP contribution in [0.4, 0.5) is 5.69 Å². The molecule has 176 valence electrons. The van der Waals surface area contributed by atoms with E-state index in [2.05, 4.69) is 23.5 Å². The van der Waals surface area contributed by atoms with Crippen molar-refractivity contribution in [3.05, 3.63) is 29.8 Å². The fourth-order valence-electron chi connectivity index (χ4n) is 7.98. The molecule has 7 rings (SSSR count). The van der Waals surface area contributed by atoms with Crippen LogP contribution in [0.2, 0.25) is 0 Å². The molecule has 2 saturated heterocycles. The number of rotatable bonds is 5. The van der Waals surface area contributed by atoms with Crippen molar-refractivity contribution < 1.29 is 13.2 Å². The molecule has 4 saturated carbocycles. The summed E-state index contributed by atoms with van der Waals surface area (Å²) in [7, 11) is -3.16. The molecule has 5 atom stereocenters. The largest absolute Gasteiger partial charge is 0.326 e. The molecular weight excluding hydrogens is 436 g/mol. The van der Waals surface area contributed by atoms with Gasteiger partial charge in [-0.25, -0.2) is 8.42 Å². The molecule has 2 heterocycles. The van der Waals surface area contributed by atoms with Crippen molar-refractivity contribution in [2.75, 3.05) is 29.7 Å². The van der Waals surface area contributed by atoms with Gasteiger partial charge in [-0.05, 0) is 86.3 Å². The lowest BCUT2D eigenvalue weighted by Gasteiger charge is -2.42. The number of hydrogen-bond donors (Lipinski definition) is 1. The second-order valence-electron chi connectivity index (χ2n) is 11.0. The van der Waals surface area contributed by atoms with Gasteiger partial charge in [0.25, 0.3) is 0 Å². The molecule has 7 nitrogen and oxygen atoms in total. The van der Waals surface area contributed by atoms with E-state index >= 15 is 0 Å². The quantitative estimate of drug-likeness (QED) is 0.717. The number of sulfonamides is 1. The molecule has 1 N–H and O–H groups in total. The normalized spacial score (nSPS) is 38.2.